The molecule has 2 fully saturated rings. The molecule has 2 atom stereocenters. The molecule has 0 unspecified atom stereocenters. The highest BCUT2D eigenvalue weighted by atomic mass is 32.1. The number of amides is 1. The molecule has 0 radical (unpaired) electrons. The molecule has 3 aliphatic heterocycles. The molecule has 1 amide bonds. The Morgan fingerprint density at radius 2 is 2.00 bits per heavy atom. The Morgan fingerprint density at radius 3 is 2.79 bits per heavy atom. The second-order valence-corrected chi connectivity index (χ2v) is 11.9. The Bertz CT molecular complexity index is 1390. The van der Waals surface area contributed by atoms with E-state index < -0.39 is 11.7 Å². The summed E-state index contributed by atoms with van der Waals surface area (Å²) in [6.07, 6.45) is 7.40. The molecule has 1 N–H and O–H groups in total. The Kier molecular flexibility index (Phi) is 6.86. The van der Waals surface area contributed by atoms with E-state index in [1.54, 1.807) is 18.3 Å². The van der Waals surface area contributed by atoms with Gasteiger partial charge in [-0.2, -0.15) is 0 Å². The molecule has 6 rings (SSSR count). The molecule has 3 aromatic heterocycles. The number of aromatic nitrogens is 4. The minimum Gasteiger partial charge on any atom is -0.481 e. The number of fused-ring (bicyclic) bond motifs is 1. The maximum Gasteiger partial charge on any atom is 0.230 e. The zero-order valence-electron chi connectivity index (χ0n) is 22.7. The number of hydrogen-bond acceptors (Lipinski definition) is 9. The minimum absolute atomic E-state index is 0.0908. The quantitative estimate of drug-likeness (QED) is 0.493. The van der Waals surface area contributed by atoms with Crippen molar-refractivity contribution in [1.82, 2.24) is 25.1 Å². The van der Waals surface area contributed by atoms with Crippen molar-refractivity contribution in [3.63, 3.8) is 0 Å². The molecule has 0 saturated carbocycles. The van der Waals surface area contributed by atoms with Gasteiger partial charge in [0.2, 0.25) is 16.9 Å². The number of aryl methyl sites for hydroxylation is 2. The van der Waals surface area contributed by atoms with E-state index in [2.05, 4.69) is 31.5 Å². The summed E-state index contributed by atoms with van der Waals surface area (Å²) in [5.41, 5.74) is 3.20. The molecule has 11 heteroatoms. The van der Waals surface area contributed by atoms with Crippen molar-refractivity contribution >= 4 is 28.2 Å². The van der Waals surface area contributed by atoms with Crippen LogP contribution >= 0.6 is 11.3 Å². The number of likely N-dealkylation sites (tertiary alicyclic amines) is 1. The van der Waals surface area contributed by atoms with Crippen LogP contribution in [-0.2, 0) is 11.2 Å². The van der Waals surface area contributed by atoms with E-state index in [1.165, 1.54) is 38.0 Å². The number of carbonyl (C=O) groups excluding carboxylic acids is 1. The maximum atomic E-state index is 14.5. The van der Waals surface area contributed by atoms with E-state index in [-0.39, 0.29) is 11.4 Å². The molecule has 0 aliphatic carbocycles. The van der Waals surface area contributed by atoms with Crippen LogP contribution in [0, 0.1) is 12.7 Å². The fraction of sp³-hybridized carbons (Fsp3) is 0.536. The van der Waals surface area contributed by atoms with Crippen LogP contribution in [0.4, 0.5) is 15.3 Å². The molecular formula is C28H34FN7O2S. The van der Waals surface area contributed by atoms with Gasteiger partial charge in [0.25, 0.3) is 0 Å². The molecule has 39 heavy (non-hydrogen) atoms. The maximum absolute atomic E-state index is 14.5. The SMILES string of the molecule is COc1cc([C@@H](C)C(=O)N2CC[C@@]3(CCc4cc(-c5nnc(N6CCCCC6)s5)c(C)nc4N3)C2)c(F)cn1. The number of pyridine rings is 2. The van der Waals surface area contributed by atoms with Crippen molar-refractivity contribution in [2.75, 3.05) is 43.5 Å². The number of piperidine rings is 1. The van der Waals surface area contributed by atoms with E-state index in [9.17, 15) is 9.18 Å². The summed E-state index contributed by atoms with van der Waals surface area (Å²) in [4.78, 5) is 26.4. The normalized spacial score (nSPS) is 21.5. The highest BCUT2D eigenvalue weighted by Gasteiger charge is 2.43. The van der Waals surface area contributed by atoms with Gasteiger partial charge in [0.15, 0.2) is 5.01 Å². The van der Waals surface area contributed by atoms with E-state index in [4.69, 9.17) is 9.72 Å². The van der Waals surface area contributed by atoms with Gasteiger partial charge >= 0.3 is 0 Å². The predicted octanol–water partition coefficient (Wildman–Crippen LogP) is 4.57. The topological polar surface area (TPSA) is 96.4 Å². The molecule has 206 valence electrons. The van der Waals surface area contributed by atoms with Gasteiger partial charge in [-0.15, -0.1) is 10.2 Å². The standard InChI is InChI=1S/C28H34FN7O2S/c1-17(20-14-23(38-3)30-15-22(20)29)26(37)36-12-9-28(16-36)8-7-19-13-21(18(2)31-24(19)32-28)25-33-34-27(39-25)35-10-5-4-6-11-35/h13-15,17H,4-12,16H2,1-3H3,(H,31,32)/t17-,28+/m1/s1. The van der Waals surface area contributed by atoms with E-state index in [1.807, 2.05) is 11.8 Å². The van der Waals surface area contributed by atoms with Crippen LogP contribution in [-0.4, -0.2) is 69.8 Å². The number of hydrogen-bond donors (Lipinski definition) is 1. The monoisotopic (exact) mass is 551 g/mol. The fourth-order valence-electron chi connectivity index (χ4n) is 6.04. The van der Waals surface area contributed by atoms with E-state index in [0.717, 1.165) is 65.8 Å². The zero-order valence-corrected chi connectivity index (χ0v) is 23.5. The Balaban J connectivity index is 1.16. The van der Waals surface area contributed by atoms with Crippen LogP contribution in [0.1, 0.15) is 61.8 Å². The van der Waals surface area contributed by atoms with Crippen LogP contribution in [0.15, 0.2) is 18.3 Å². The third kappa shape index (κ3) is 4.92. The van der Waals surface area contributed by atoms with Crippen molar-refractivity contribution in [2.45, 2.75) is 63.8 Å². The second kappa shape index (κ2) is 10.3. The molecule has 0 aromatic carbocycles. The Hall–Kier alpha value is -3.34. The summed E-state index contributed by atoms with van der Waals surface area (Å²) in [6, 6.07) is 3.72. The van der Waals surface area contributed by atoms with Crippen molar-refractivity contribution in [3.8, 4) is 16.5 Å². The van der Waals surface area contributed by atoms with Gasteiger partial charge in [0.1, 0.15) is 11.6 Å². The van der Waals surface area contributed by atoms with Gasteiger partial charge < -0.3 is 19.9 Å². The van der Waals surface area contributed by atoms with Crippen LogP contribution in [0.5, 0.6) is 5.88 Å². The van der Waals surface area contributed by atoms with Crippen LogP contribution in [0.3, 0.4) is 0 Å². The lowest BCUT2D eigenvalue weighted by molar-refractivity contribution is -0.131. The van der Waals surface area contributed by atoms with Crippen molar-refractivity contribution in [2.24, 2.45) is 0 Å². The number of carbonyl (C=O) groups is 1. The third-order valence-corrected chi connectivity index (χ3v) is 9.41. The van der Waals surface area contributed by atoms with Gasteiger partial charge in [0.05, 0.1) is 30.5 Å². The fourth-order valence-corrected chi connectivity index (χ4v) is 7.00. The first-order chi connectivity index (χ1) is 18.9. The summed E-state index contributed by atoms with van der Waals surface area (Å²) in [5.74, 6) is -0.0317. The average molecular weight is 552 g/mol. The molecule has 1 spiro atoms. The summed E-state index contributed by atoms with van der Waals surface area (Å²) in [5, 5.41) is 14.6. The molecule has 2 saturated heterocycles. The highest BCUT2D eigenvalue weighted by molar-refractivity contribution is 7.18. The second-order valence-electron chi connectivity index (χ2n) is 11.0. The Morgan fingerprint density at radius 1 is 1.18 bits per heavy atom. The lowest BCUT2D eigenvalue weighted by atomic mass is 9.86. The van der Waals surface area contributed by atoms with Gasteiger partial charge in [-0.1, -0.05) is 11.3 Å². The summed E-state index contributed by atoms with van der Waals surface area (Å²) < 4.78 is 19.6. The van der Waals surface area contributed by atoms with Crippen LogP contribution in [0.25, 0.3) is 10.6 Å². The molecular weight excluding hydrogens is 517 g/mol. The van der Waals surface area contributed by atoms with Gasteiger partial charge in [-0.25, -0.2) is 14.4 Å². The summed E-state index contributed by atoms with van der Waals surface area (Å²) >= 11 is 1.64. The zero-order chi connectivity index (χ0) is 27.1. The number of nitrogens with zero attached hydrogens (tertiary/aromatic N) is 6. The van der Waals surface area contributed by atoms with Gasteiger partial charge in [-0.05, 0) is 64.0 Å². The smallest absolute Gasteiger partial charge is 0.230 e. The molecule has 9 nitrogen and oxygen atoms in total. The largest absolute Gasteiger partial charge is 0.481 e. The highest BCUT2D eigenvalue weighted by Crippen LogP contribution is 2.40. The average Bonchev–Trinajstić information content (AvgIpc) is 3.61. The first-order valence-corrected chi connectivity index (χ1v) is 14.5. The number of anilines is 2. The first kappa shape index (κ1) is 25.9. The Labute approximate surface area is 231 Å². The third-order valence-electron chi connectivity index (χ3n) is 8.39. The predicted molar refractivity (Wildman–Crippen MR) is 149 cm³/mol. The van der Waals surface area contributed by atoms with Crippen molar-refractivity contribution in [1.29, 1.82) is 0 Å². The van der Waals surface area contributed by atoms with Gasteiger partial charge in [0, 0.05) is 43.4 Å². The van der Waals surface area contributed by atoms with Crippen molar-refractivity contribution < 1.29 is 13.9 Å². The lowest BCUT2D eigenvalue weighted by Crippen LogP contribution is -2.46. The molecule has 6 heterocycles. The number of methoxy groups -OCH3 is 1. The molecule has 0 bridgehead atoms. The van der Waals surface area contributed by atoms with Crippen molar-refractivity contribution in [3.05, 3.63) is 41.0 Å². The van der Waals surface area contributed by atoms with E-state index >= 15 is 0 Å². The van der Waals surface area contributed by atoms with Crippen LogP contribution in [0.2, 0.25) is 0 Å². The lowest BCUT2D eigenvalue weighted by Gasteiger charge is -2.36. The summed E-state index contributed by atoms with van der Waals surface area (Å²) in [6.45, 7) is 7.04. The number of ether oxygens (including phenoxy) is 1. The minimum atomic E-state index is -0.627. The number of rotatable bonds is 5. The van der Waals surface area contributed by atoms with Gasteiger partial charge in [-0.3, -0.25) is 4.79 Å². The van der Waals surface area contributed by atoms with E-state index in [0.29, 0.717) is 24.5 Å². The first-order valence-electron chi connectivity index (χ1n) is 13.7. The molecule has 3 aromatic rings. The number of halogens is 1. The van der Waals surface area contributed by atoms with Crippen LogP contribution < -0.4 is 15.0 Å². The molecule has 3 aliphatic rings. The summed E-state index contributed by atoms with van der Waals surface area (Å²) in [7, 11) is 1.48. The number of nitrogens with one attached hydrogen (secondary N) is 1.